The first-order valence-corrected chi connectivity index (χ1v) is 10.8. The molecule has 1 unspecified atom stereocenters. The van der Waals surface area contributed by atoms with Gasteiger partial charge in [-0.25, -0.2) is 13.2 Å². The zero-order valence-electron chi connectivity index (χ0n) is 17.6. The second-order valence-electron chi connectivity index (χ2n) is 7.12. The molecule has 3 aromatic rings. The summed E-state index contributed by atoms with van der Waals surface area (Å²) in [7, 11) is 3.09. The van der Waals surface area contributed by atoms with E-state index in [4.69, 9.17) is 9.47 Å². The van der Waals surface area contributed by atoms with E-state index in [1.54, 1.807) is 50.6 Å². The van der Waals surface area contributed by atoms with Crippen LogP contribution in [0.25, 0.3) is 0 Å². The highest BCUT2D eigenvalue weighted by Crippen LogP contribution is 2.52. The van der Waals surface area contributed by atoms with Crippen LogP contribution in [0.2, 0.25) is 0 Å². The highest BCUT2D eigenvalue weighted by atomic mass is 32.2. The van der Waals surface area contributed by atoms with Crippen LogP contribution in [0.5, 0.6) is 0 Å². The number of methoxy groups -OCH3 is 2. The van der Waals surface area contributed by atoms with E-state index in [0.29, 0.717) is 23.1 Å². The summed E-state index contributed by atoms with van der Waals surface area (Å²) in [4.78, 5) is 0. The molecule has 0 aromatic heterocycles. The fourth-order valence-corrected chi connectivity index (χ4v) is 5.53. The zero-order chi connectivity index (χ0) is 22.4. The van der Waals surface area contributed by atoms with Gasteiger partial charge in [0.15, 0.2) is 6.29 Å². The number of ether oxygens (including phenoxy) is 2. The van der Waals surface area contributed by atoms with Gasteiger partial charge in [-0.15, -0.1) is 11.8 Å². The molecule has 0 amide bonds. The van der Waals surface area contributed by atoms with Crippen molar-refractivity contribution in [1.82, 2.24) is 0 Å². The van der Waals surface area contributed by atoms with Crippen molar-refractivity contribution in [1.29, 1.82) is 0 Å². The second kappa shape index (κ2) is 10.4. The SMILES string of the molecule is CCC(SC(c1cccc(F)c1)(c1cccc(F)c1)c1cccc(F)c1)C(OC)OC. The molecule has 0 aliphatic heterocycles. The number of benzene rings is 3. The van der Waals surface area contributed by atoms with E-state index >= 15 is 0 Å². The van der Waals surface area contributed by atoms with Crippen LogP contribution in [0.15, 0.2) is 72.8 Å². The summed E-state index contributed by atoms with van der Waals surface area (Å²) in [5.41, 5.74) is 1.70. The first-order chi connectivity index (χ1) is 14.9. The quantitative estimate of drug-likeness (QED) is 0.275. The van der Waals surface area contributed by atoms with Gasteiger partial charge < -0.3 is 9.47 Å². The number of hydrogen-bond donors (Lipinski definition) is 0. The van der Waals surface area contributed by atoms with Gasteiger partial charge in [0.05, 0.1) is 10.00 Å². The van der Waals surface area contributed by atoms with Crippen molar-refractivity contribution in [2.45, 2.75) is 29.6 Å². The molecule has 0 fully saturated rings. The monoisotopic (exact) mass is 446 g/mol. The van der Waals surface area contributed by atoms with Crippen molar-refractivity contribution in [3.8, 4) is 0 Å². The van der Waals surface area contributed by atoms with Crippen LogP contribution in [0.1, 0.15) is 30.0 Å². The topological polar surface area (TPSA) is 18.5 Å². The van der Waals surface area contributed by atoms with E-state index in [0.717, 1.165) is 0 Å². The van der Waals surface area contributed by atoms with Gasteiger partial charge in [0.2, 0.25) is 0 Å². The first kappa shape index (κ1) is 23.4. The van der Waals surface area contributed by atoms with Gasteiger partial charge >= 0.3 is 0 Å². The molecule has 0 saturated heterocycles. The van der Waals surface area contributed by atoms with Crippen molar-refractivity contribution in [3.63, 3.8) is 0 Å². The molecular formula is C25H25F3O2S. The maximum Gasteiger partial charge on any atom is 0.168 e. The summed E-state index contributed by atoms with van der Waals surface area (Å²) >= 11 is 1.43. The largest absolute Gasteiger partial charge is 0.355 e. The van der Waals surface area contributed by atoms with Crippen molar-refractivity contribution in [2.75, 3.05) is 14.2 Å². The van der Waals surface area contributed by atoms with E-state index in [1.807, 2.05) is 6.92 Å². The Balaban J connectivity index is 2.35. The summed E-state index contributed by atoms with van der Waals surface area (Å²) in [5, 5.41) is -0.218. The third-order valence-corrected chi connectivity index (χ3v) is 7.11. The van der Waals surface area contributed by atoms with Gasteiger partial charge in [0, 0.05) is 14.2 Å². The minimum Gasteiger partial charge on any atom is -0.355 e. The van der Waals surface area contributed by atoms with Crippen molar-refractivity contribution in [3.05, 3.63) is 107 Å². The average Bonchev–Trinajstić information content (AvgIpc) is 2.77. The molecule has 0 aliphatic rings. The van der Waals surface area contributed by atoms with Gasteiger partial charge in [0.25, 0.3) is 0 Å². The molecular weight excluding hydrogens is 421 g/mol. The highest BCUT2D eigenvalue weighted by Gasteiger charge is 2.42. The van der Waals surface area contributed by atoms with Crippen LogP contribution in [0.4, 0.5) is 13.2 Å². The van der Waals surface area contributed by atoms with Crippen molar-refractivity contribution in [2.24, 2.45) is 0 Å². The molecule has 164 valence electrons. The third kappa shape index (κ3) is 4.97. The van der Waals surface area contributed by atoms with Gasteiger partial charge in [-0.3, -0.25) is 0 Å². The Kier molecular flexibility index (Phi) is 7.81. The predicted octanol–water partition coefficient (Wildman–Crippen LogP) is 6.53. The van der Waals surface area contributed by atoms with Crippen LogP contribution in [-0.2, 0) is 14.2 Å². The summed E-state index contributed by atoms with van der Waals surface area (Å²) in [6, 6.07) is 18.4. The second-order valence-corrected chi connectivity index (χ2v) is 8.57. The fourth-order valence-electron chi connectivity index (χ4n) is 3.78. The molecule has 0 heterocycles. The number of rotatable bonds is 9. The van der Waals surface area contributed by atoms with E-state index < -0.39 is 28.5 Å². The zero-order valence-corrected chi connectivity index (χ0v) is 18.5. The lowest BCUT2D eigenvalue weighted by Crippen LogP contribution is -2.35. The summed E-state index contributed by atoms with van der Waals surface area (Å²) in [6.45, 7) is 1.98. The third-order valence-electron chi connectivity index (χ3n) is 5.19. The van der Waals surface area contributed by atoms with E-state index in [2.05, 4.69) is 0 Å². The maximum absolute atomic E-state index is 14.4. The van der Waals surface area contributed by atoms with E-state index in [9.17, 15) is 13.2 Å². The standard InChI is InChI=1S/C25H25F3O2S/c1-4-23(24(29-2)30-3)31-25(17-8-5-11-20(26)14-17,18-9-6-12-21(27)15-18)19-10-7-13-22(28)16-19/h5-16,23-24H,4H2,1-3H3. The molecule has 0 N–H and O–H groups in total. The molecule has 0 radical (unpaired) electrons. The molecule has 0 spiro atoms. The normalized spacial score (nSPS) is 12.9. The first-order valence-electron chi connectivity index (χ1n) is 9.96. The van der Waals surface area contributed by atoms with Crippen LogP contribution in [-0.4, -0.2) is 25.8 Å². The Morgan fingerprint density at radius 2 is 1.13 bits per heavy atom. The molecule has 31 heavy (non-hydrogen) atoms. The Morgan fingerprint density at radius 3 is 1.42 bits per heavy atom. The Labute approximate surface area is 185 Å². The van der Waals surface area contributed by atoms with E-state index in [-0.39, 0.29) is 5.25 Å². The number of halogens is 3. The number of hydrogen-bond acceptors (Lipinski definition) is 3. The van der Waals surface area contributed by atoms with Gasteiger partial charge in [-0.1, -0.05) is 43.3 Å². The molecule has 3 rings (SSSR count). The number of thioether (sulfide) groups is 1. The van der Waals surface area contributed by atoms with Gasteiger partial charge in [0.1, 0.15) is 17.5 Å². The van der Waals surface area contributed by atoms with Crippen molar-refractivity contribution < 1.29 is 22.6 Å². The lowest BCUT2D eigenvalue weighted by Gasteiger charge is -2.39. The Morgan fingerprint density at radius 1 is 0.742 bits per heavy atom. The van der Waals surface area contributed by atoms with Crippen LogP contribution in [0.3, 0.4) is 0 Å². The van der Waals surface area contributed by atoms with Crippen molar-refractivity contribution >= 4 is 11.8 Å². The smallest absolute Gasteiger partial charge is 0.168 e. The molecule has 0 aliphatic carbocycles. The molecule has 0 saturated carbocycles. The summed E-state index contributed by atoms with van der Waals surface area (Å²) in [5.74, 6) is -1.30. The molecule has 1 atom stereocenters. The minimum absolute atomic E-state index is 0.218. The molecule has 6 heteroatoms. The predicted molar refractivity (Wildman–Crippen MR) is 119 cm³/mol. The Hall–Kier alpha value is -2.28. The molecule has 0 bridgehead atoms. The molecule has 3 aromatic carbocycles. The van der Waals surface area contributed by atoms with Gasteiger partial charge in [-0.05, 0) is 59.5 Å². The maximum atomic E-state index is 14.4. The summed E-state index contributed by atoms with van der Waals surface area (Å²) in [6.07, 6.45) is 0.0867. The fraction of sp³-hybridized carbons (Fsp3) is 0.280. The van der Waals surface area contributed by atoms with E-state index in [1.165, 1.54) is 48.2 Å². The Bertz CT molecular complexity index is 896. The molecule has 2 nitrogen and oxygen atoms in total. The lowest BCUT2D eigenvalue weighted by molar-refractivity contribution is -0.102. The lowest BCUT2D eigenvalue weighted by atomic mass is 9.84. The summed E-state index contributed by atoms with van der Waals surface area (Å²) < 4.78 is 53.1. The van der Waals surface area contributed by atoms with Crippen LogP contribution < -0.4 is 0 Å². The van der Waals surface area contributed by atoms with Crippen LogP contribution >= 0.6 is 11.8 Å². The average molecular weight is 447 g/mol. The minimum atomic E-state index is -1.11. The van der Waals surface area contributed by atoms with Crippen LogP contribution in [0, 0.1) is 17.5 Å². The van der Waals surface area contributed by atoms with Gasteiger partial charge in [-0.2, -0.15) is 0 Å². The highest BCUT2D eigenvalue weighted by molar-refractivity contribution is 8.01.